The normalized spacial score (nSPS) is 18.0. The van der Waals surface area contributed by atoms with Crippen molar-refractivity contribution in [3.8, 4) is 0 Å². The zero-order chi connectivity index (χ0) is 18.7. The van der Waals surface area contributed by atoms with Crippen LogP contribution in [0.25, 0.3) is 0 Å². The highest BCUT2D eigenvalue weighted by Gasteiger charge is 2.30. The van der Waals surface area contributed by atoms with Gasteiger partial charge in [0.2, 0.25) is 5.91 Å². The van der Waals surface area contributed by atoms with Crippen LogP contribution in [0.1, 0.15) is 17.4 Å². The summed E-state index contributed by atoms with van der Waals surface area (Å²) in [7, 11) is 1.90. The summed E-state index contributed by atoms with van der Waals surface area (Å²) < 4.78 is 39.7. The fraction of sp³-hybridized carbons (Fsp3) is 0.412. The van der Waals surface area contributed by atoms with E-state index in [0.717, 1.165) is 24.5 Å². The van der Waals surface area contributed by atoms with Crippen LogP contribution in [0.2, 0.25) is 0 Å². The van der Waals surface area contributed by atoms with Gasteiger partial charge in [-0.1, -0.05) is 0 Å². The second-order valence-electron chi connectivity index (χ2n) is 6.21. The number of nitrogens with one attached hydrogen (secondary N) is 2. The number of halogens is 4. The molecule has 1 saturated heterocycles. The predicted octanol–water partition coefficient (Wildman–Crippen LogP) is 2.45. The zero-order valence-corrected chi connectivity index (χ0v) is 15.5. The van der Waals surface area contributed by atoms with Crippen molar-refractivity contribution in [1.82, 2.24) is 19.8 Å². The quantitative estimate of drug-likeness (QED) is 0.823. The van der Waals surface area contributed by atoms with Gasteiger partial charge in [0.25, 0.3) is 0 Å². The molecule has 10 heteroatoms. The molecule has 148 valence electrons. The van der Waals surface area contributed by atoms with E-state index in [9.17, 15) is 18.0 Å². The number of rotatable bonds is 4. The lowest BCUT2D eigenvalue weighted by Gasteiger charge is -2.35. The number of imidazole rings is 1. The molecule has 2 heterocycles. The Morgan fingerprint density at radius 1 is 1.33 bits per heavy atom. The Balaban J connectivity index is 0.00000261. The molecule has 1 unspecified atom stereocenters. The van der Waals surface area contributed by atoms with E-state index in [0.29, 0.717) is 18.8 Å². The third-order valence-electron chi connectivity index (χ3n) is 4.35. The van der Waals surface area contributed by atoms with Gasteiger partial charge in [0, 0.05) is 44.8 Å². The molecule has 0 aliphatic carbocycles. The SMILES string of the molecule is Cl.Cn1ccnc1C1CNCCN1CC(=O)Nc1ccc(C(F)(F)F)cc1. The molecule has 3 rings (SSSR count). The van der Waals surface area contributed by atoms with Crippen LogP contribution < -0.4 is 10.6 Å². The lowest BCUT2D eigenvalue weighted by molar-refractivity contribution is -0.137. The first-order valence-electron chi connectivity index (χ1n) is 8.23. The predicted molar refractivity (Wildman–Crippen MR) is 97.7 cm³/mol. The number of hydrogen-bond donors (Lipinski definition) is 2. The number of hydrogen-bond acceptors (Lipinski definition) is 4. The number of aromatic nitrogens is 2. The molecular weight excluding hydrogens is 383 g/mol. The molecule has 2 aromatic rings. The highest BCUT2D eigenvalue weighted by atomic mass is 35.5. The van der Waals surface area contributed by atoms with E-state index >= 15 is 0 Å². The average Bonchev–Trinajstić information content (AvgIpc) is 3.01. The molecule has 0 radical (unpaired) electrons. The van der Waals surface area contributed by atoms with Crippen LogP contribution in [-0.4, -0.2) is 46.5 Å². The number of carbonyl (C=O) groups is 1. The van der Waals surface area contributed by atoms with Crippen LogP contribution in [0.3, 0.4) is 0 Å². The van der Waals surface area contributed by atoms with Crippen LogP contribution in [0.4, 0.5) is 18.9 Å². The second kappa shape index (κ2) is 8.73. The third kappa shape index (κ3) is 5.21. The van der Waals surface area contributed by atoms with Gasteiger partial charge in [0.15, 0.2) is 0 Å². The number of nitrogens with zero attached hydrogens (tertiary/aromatic N) is 3. The topological polar surface area (TPSA) is 62.2 Å². The molecule has 0 bridgehead atoms. The van der Waals surface area contributed by atoms with Gasteiger partial charge in [-0.05, 0) is 24.3 Å². The second-order valence-corrected chi connectivity index (χ2v) is 6.21. The van der Waals surface area contributed by atoms with E-state index in [1.165, 1.54) is 12.1 Å². The van der Waals surface area contributed by atoms with Crippen molar-refractivity contribution >= 4 is 24.0 Å². The minimum Gasteiger partial charge on any atom is -0.337 e. The van der Waals surface area contributed by atoms with Gasteiger partial charge in [-0.15, -0.1) is 12.4 Å². The van der Waals surface area contributed by atoms with E-state index < -0.39 is 11.7 Å². The molecule has 6 nitrogen and oxygen atoms in total. The van der Waals surface area contributed by atoms with Crippen LogP contribution in [0.5, 0.6) is 0 Å². The summed E-state index contributed by atoms with van der Waals surface area (Å²) in [6, 6.07) is 4.39. The van der Waals surface area contributed by atoms with Gasteiger partial charge in [0.05, 0.1) is 18.2 Å². The molecule has 1 atom stereocenters. The molecule has 0 saturated carbocycles. The molecule has 0 spiro atoms. The van der Waals surface area contributed by atoms with Crippen molar-refractivity contribution in [2.24, 2.45) is 7.05 Å². The summed E-state index contributed by atoms with van der Waals surface area (Å²) in [5, 5.41) is 5.94. The number of amides is 1. The van der Waals surface area contributed by atoms with Crippen molar-refractivity contribution in [3.05, 3.63) is 48.0 Å². The maximum atomic E-state index is 12.6. The molecule has 27 heavy (non-hydrogen) atoms. The number of alkyl halides is 3. The molecule has 2 N–H and O–H groups in total. The third-order valence-corrected chi connectivity index (χ3v) is 4.35. The highest BCUT2D eigenvalue weighted by Crippen LogP contribution is 2.29. The molecule has 1 amide bonds. The highest BCUT2D eigenvalue weighted by molar-refractivity contribution is 5.92. The Kier molecular flexibility index (Phi) is 6.85. The lowest BCUT2D eigenvalue weighted by atomic mass is 10.1. The Morgan fingerprint density at radius 2 is 2.04 bits per heavy atom. The molecule has 1 fully saturated rings. The maximum Gasteiger partial charge on any atom is 0.416 e. The van der Waals surface area contributed by atoms with Gasteiger partial charge in [-0.2, -0.15) is 13.2 Å². The monoisotopic (exact) mass is 403 g/mol. The van der Waals surface area contributed by atoms with Gasteiger partial charge in [0.1, 0.15) is 5.82 Å². The summed E-state index contributed by atoms with van der Waals surface area (Å²) in [5.41, 5.74) is -0.404. The van der Waals surface area contributed by atoms with E-state index in [4.69, 9.17) is 0 Å². The summed E-state index contributed by atoms with van der Waals surface area (Å²) in [6.07, 6.45) is -0.826. The fourth-order valence-electron chi connectivity index (χ4n) is 3.02. The smallest absolute Gasteiger partial charge is 0.337 e. The minimum atomic E-state index is -4.39. The molecule has 1 aliphatic heterocycles. The summed E-state index contributed by atoms with van der Waals surface area (Å²) >= 11 is 0. The fourth-order valence-corrected chi connectivity index (χ4v) is 3.02. The Bertz CT molecular complexity index is 763. The first-order valence-corrected chi connectivity index (χ1v) is 8.23. The van der Waals surface area contributed by atoms with E-state index in [-0.39, 0.29) is 30.9 Å². The Morgan fingerprint density at radius 3 is 2.63 bits per heavy atom. The first kappa shape index (κ1) is 21.2. The zero-order valence-electron chi connectivity index (χ0n) is 14.7. The molecular formula is C17H21ClF3N5O. The van der Waals surface area contributed by atoms with Crippen LogP contribution in [0.15, 0.2) is 36.7 Å². The molecule has 1 aromatic carbocycles. The van der Waals surface area contributed by atoms with Gasteiger partial charge in [-0.25, -0.2) is 4.98 Å². The Hall–Kier alpha value is -2.10. The van der Waals surface area contributed by atoms with Crippen molar-refractivity contribution in [1.29, 1.82) is 0 Å². The van der Waals surface area contributed by atoms with Crippen molar-refractivity contribution in [2.75, 3.05) is 31.5 Å². The van der Waals surface area contributed by atoms with E-state index in [1.807, 2.05) is 22.7 Å². The standard InChI is InChI=1S/C17H20F3N5O.ClH/c1-24-8-7-22-16(24)14-10-21-6-9-25(14)11-15(26)23-13-4-2-12(3-5-13)17(18,19)20;/h2-5,7-8,14,21H,6,9-11H2,1H3,(H,23,26);1H. The number of carbonyl (C=O) groups excluding carboxylic acids is 1. The number of anilines is 1. The maximum absolute atomic E-state index is 12.6. The minimum absolute atomic E-state index is 0. The van der Waals surface area contributed by atoms with Gasteiger partial charge >= 0.3 is 6.18 Å². The van der Waals surface area contributed by atoms with Gasteiger partial charge in [-0.3, -0.25) is 9.69 Å². The van der Waals surface area contributed by atoms with Crippen molar-refractivity contribution < 1.29 is 18.0 Å². The Labute approximate surface area is 161 Å². The number of benzene rings is 1. The summed E-state index contributed by atoms with van der Waals surface area (Å²) in [5.74, 6) is 0.588. The van der Waals surface area contributed by atoms with Crippen LogP contribution in [0, 0.1) is 0 Å². The van der Waals surface area contributed by atoms with Crippen molar-refractivity contribution in [2.45, 2.75) is 12.2 Å². The molecule has 1 aliphatic rings. The van der Waals surface area contributed by atoms with E-state index in [2.05, 4.69) is 15.6 Å². The summed E-state index contributed by atoms with van der Waals surface area (Å²) in [4.78, 5) is 18.7. The summed E-state index contributed by atoms with van der Waals surface area (Å²) in [6.45, 7) is 2.26. The number of aryl methyl sites for hydroxylation is 1. The van der Waals surface area contributed by atoms with Crippen LogP contribution >= 0.6 is 12.4 Å². The first-order chi connectivity index (χ1) is 12.3. The van der Waals surface area contributed by atoms with Crippen LogP contribution in [-0.2, 0) is 18.0 Å². The van der Waals surface area contributed by atoms with Crippen molar-refractivity contribution in [3.63, 3.8) is 0 Å². The lowest BCUT2D eigenvalue weighted by Crippen LogP contribution is -2.49. The average molecular weight is 404 g/mol. The molecule has 1 aromatic heterocycles. The van der Waals surface area contributed by atoms with Gasteiger partial charge < -0.3 is 15.2 Å². The van der Waals surface area contributed by atoms with E-state index in [1.54, 1.807) is 6.20 Å². The largest absolute Gasteiger partial charge is 0.416 e. The number of piperazine rings is 1.